The van der Waals surface area contributed by atoms with E-state index in [0.717, 1.165) is 24.3 Å². The molecule has 0 aliphatic carbocycles. The van der Waals surface area contributed by atoms with Crippen molar-refractivity contribution >= 4 is 40.0 Å². The standard InChI is InChI=1S/C20H23FN4OS2/c1-5-24(6-2)20(27)28-12-18(26)23-19-17(11-22)13(3)14(4)25(19)16-9-7-15(21)8-10-16/h7-10H,5-6,12H2,1-4H3,(H,23,26). The highest BCUT2D eigenvalue weighted by atomic mass is 32.2. The van der Waals surface area contributed by atoms with Crippen LogP contribution in [0, 0.1) is 31.0 Å². The van der Waals surface area contributed by atoms with Crippen LogP contribution in [0.1, 0.15) is 30.7 Å². The van der Waals surface area contributed by atoms with Gasteiger partial charge in [0.2, 0.25) is 5.91 Å². The molecular weight excluding hydrogens is 395 g/mol. The van der Waals surface area contributed by atoms with E-state index in [-0.39, 0.29) is 17.5 Å². The third-order valence-electron chi connectivity index (χ3n) is 4.52. The summed E-state index contributed by atoms with van der Waals surface area (Å²) >= 11 is 6.65. The smallest absolute Gasteiger partial charge is 0.235 e. The highest BCUT2D eigenvalue weighted by Crippen LogP contribution is 2.30. The number of thiocarbonyl (C=S) groups is 1. The first-order valence-electron chi connectivity index (χ1n) is 8.93. The minimum Gasteiger partial charge on any atom is -0.358 e. The van der Waals surface area contributed by atoms with Crippen LogP contribution in [-0.2, 0) is 4.79 Å². The minimum absolute atomic E-state index is 0.146. The average molecular weight is 419 g/mol. The predicted octanol–water partition coefficient (Wildman–Crippen LogP) is 4.40. The van der Waals surface area contributed by atoms with Gasteiger partial charge in [-0.1, -0.05) is 24.0 Å². The molecule has 148 valence electrons. The predicted molar refractivity (Wildman–Crippen MR) is 117 cm³/mol. The molecule has 0 saturated heterocycles. The molecule has 1 amide bonds. The maximum atomic E-state index is 13.3. The Labute approximate surface area is 174 Å². The molecule has 0 fully saturated rings. The molecule has 8 heteroatoms. The number of carbonyl (C=O) groups is 1. The molecule has 1 heterocycles. The maximum absolute atomic E-state index is 13.3. The fraction of sp³-hybridized carbons (Fsp3) is 0.350. The van der Waals surface area contributed by atoms with Gasteiger partial charge in [0.05, 0.1) is 11.3 Å². The molecule has 0 unspecified atom stereocenters. The lowest BCUT2D eigenvalue weighted by atomic mass is 10.2. The maximum Gasteiger partial charge on any atom is 0.235 e. The number of aromatic nitrogens is 1. The number of nitrogens with zero attached hydrogens (tertiary/aromatic N) is 3. The fourth-order valence-electron chi connectivity index (χ4n) is 2.84. The first-order chi connectivity index (χ1) is 13.3. The first-order valence-corrected chi connectivity index (χ1v) is 10.3. The van der Waals surface area contributed by atoms with Crippen molar-refractivity contribution < 1.29 is 9.18 Å². The van der Waals surface area contributed by atoms with E-state index in [1.54, 1.807) is 16.7 Å². The monoisotopic (exact) mass is 418 g/mol. The zero-order valence-corrected chi connectivity index (χ0v) is 18.0. The zero-order valence-electron chi connectivity index (χ0n) is 16.4. The van der Waals surface area contributed by atoms with E-state index >= 15 is 0 Å². The van der Waals surface area contributed by atoms with Crippen molar-refractivity contribution in [3.63, 3.8) is 0 Å². The van der Waals surface area contributed by atoms with E-state index in [1.165, 1.54) is 23.9 Å². The summed E-state index contributed by atoms with van der Waals surface area (Å²) in [6, 6.07) is 8.09. The Morgan fingerprint density at radius 1 is 1.29 bits per heavy atom. The van der Waals surface area contributed by atoms with E-state index in [1.807, 2.05) is 32.6 Å². The van der Waals surface area contributed by atoms with Gasteiger partial charge in [0.1, 0.15) is 22.0 Å². The lowest BCUT2D eigenvalue weighted by Gasteiger charge is -2.20. The van der Waals surface area contributed by atoms with Gasteiger partial charge in [0.25, 0.3) is 0 Å². The Hall–Kier alpha value is -2.37. The molecule has 28 heavy (non-hydrogen) atoms. The van der Waals surface area contributed by atoms with Crippen LogP contribution in [0.4, 0.5) is 10.2 Å². The molecule has 0 aliphatic rings. The van der Waals surface area contributed by atoms with E-state index in [4.69, 9.17) is 12.2 Å². The molecule has 2 aromatic rings. The average Bonchev–Trinajstić information content (AvgIpc) is 2.91. The van der Waals surface area contributed by atoms with Crippen molar-refractivity contribution in [3.05, 3.63) is 46.9 Å². The van der Waals surface area contributed by atoms with Gasteiger partial charge in [0, 0.05) is 24.5 Å². The quantitative estimate of drug-likeness (QED) is 0.705. The molecule has 0 atom stereocenters. The Morgan fingerprint density at radius 2 is 1.89 bits per heavy atom. The molecule has 0 spiro atoms. The van der Waals surface area contributed by atoms with Gasteiger partial charge in [-0.05, 0) is 57.5 Å². The van der Waals surface area contributed by atoms with Crippen molar-refractivity contribution in [3.8, 4) is 11.8 Å². The van der Waals surface area contributed by atoms with Crippen molar-refractivity contribution in [2.75, 3.05) is 24.2 Å². The van der Waals surface area contributed by atoms with Crippen LogP contribution in [0.5, 0.6) is 0 Å². The number of nitriles is 1. The Morgan fingerprint density at radius 3 is 2.43 bits per heavy atom. The first kappa shape index (κ1) is 21.9. The van der Waals surface area contributed by atoms with E-state index < -0.39 is 0 Å². The summed E-state index contributed by atoms with van der Waals surface area (Å²) in [6.07, 6.45) is 0. The van der Waals surface area contributed by atoms with Gasteiger partial charge in [-0.25, -0.2) is 4.39 Å². The number of rotatable bonds is 6. The highest BCUT2D eigenvalue weighted by Gasteiger charge is 2.21. The van der Waals surface area contributed by atoms with Crippen LogP contribution in [0.25, 0.3) is 5.69 Å². The van der Waals surface area contributed by atoms with Crippen molar-refractivity contribution in [1.29, 1.82) is 5.26 Å². The lowest BCUT2D eigenvalue weighted by Crippen LogP contribution is -2.28. The molecule has 1 N–H and O–H groups in total. The topological polar surface area (TPSA) is 61.1 Å². The summed E-state index contributed by atoms with van der Waals surface area (Å²) in [5.74, 6) is -0.0644. The van der Waals surface area contributed by atoms with Gasteiger partial charge in [-0.15, -0.1) is 0 Å². The van der Waals surface area contributed by atoms with E-state index in [2.05, 4.69) is 11.4 Å². The number of thioether (sulfide) groups is 1. The zero-order chi connectivity index (χ0) is 20.8. The van der Waals surface area contributed by atoms with Crippen LogP contribution in [-0.4, -0.2) is 38.5 Å². The number of hydrogen-bond donors (Lipinski definition) is 1. The summed E-state index contributed by atoms with van der Waals surface area (Å²) in [4.78, 5) is 14.6. The normalized spacial score (nSPS) is 10.4. The molecule has 0 saturated carbocycles. The van der Waals surface area contributed by atoms with Crippen LogP contribution < -0.4 is 5.32 Å². The number of benzene rings is 1. The molecule has 5 nitrogen and oxygen atoms in total. The van der Waals surface area contributed by atoms with Crippen LogP contribution in [0.2, 0.25) is 0 Å². The second kappa shape index (κ2) is 9.71. The summed E-state index contributed by atoms with van der Waals surface area (Å²) in [7, 11) is 0. The van der Waals surface area contributed by atoms with Crippen molar-refractivity contribution in [2.45, 2.75) is 27.7 Å². The lowest BCUT2D eigenvalue weighted by molar-refractivity contribution is -0.113. The molecular formula is C20H23FN4OS2. The van der Waals surface area contributed by atoms with Gasteiger partial charge in [0.15, 0.2) is 0 Å². The number of hydrogen-bond acceptors (Lipinski definition) is 4. The summed E-state index contributed by atoms with van der Waals surface area (Å²) < 4.78 is 15.7. The summed E-state index contributed by atoms with van der Waals surface area (Å²) in [5.41, 5.74) is 2.65. The SMILES string of the molecule is CCN(CC)C(=S)SCC(=O)Nc1c(C#N)c(C)c(C)n1-c1ccc(F)cc1. The Kier molecular flexibility index (Phi) is 7.61. The molecule has 1 aromatic carbocycles. The minimum atomic E-state index is -0.349. The number of amides is 1. The van der Waals surface area contributed by atoms with Crippen molar-refractivity contribution in [2.24, 2.45) is 0 Å². The molecule has 0 bridgehead atoms. The summed E-state index contributed by atoms with van der Waals surface area (Å²) in [6.45, 7) is 9.28. The van der Waals surface area contributed by atoms with Crippen LogP contribution in [0.15, 0.2) is 24.3 Å². The van der Waals surface area contributed by atoms with Crippen LogP contribution >= 0.6 is 24.0 Å². The Balaban J connectivity index is 2.28. The third-order valence-corrected chi connectivity index (χ3v) is 6.04. The van der Waals surface area contributed by atoms with Crippen LogP contribution in [0.3, 0.4) is 0 Å². The third kappa shape index (κ3) is 4.72. The van der Waals surface area contributed by atoms with Crippen molar-refractivity contribution in [1.82, 2.24) is 9.47 Å². The summed E-state index contributed by atoms with van der Waals surface area (Å²) in [5, 5.41) is 12.4. The second-order valence-electron chi connectivity index (χ2n) is 6.13. The number of anilines is 1. The number of carbonyl (C=O) groups excluding carboxylic acids is 1. The highest BCUT2D eigenvalue weighted by molar-refractivity contribution is 8.23. The fourth-order valence-corrected chi connectivity index (χ4v) is 4.04. The van der Waals surface area contributed by atoms with E-state index in [9.17, 15) is 14.4 Å². The second-order valence-corrected chi connectivity index (χ2v) is 7.74. The van der Waals surface area contributed by atoms with Gasteiger partial charge >= 0.3 is 0 Å². The molecule has 2 rings (SSSR count). The molecule has 0 aliphatic heterocycles. The Bertz CT molecular complexity index is 912. The van der Waals surface area contributed by atoms with Gasteiger partial charge < -0.3 is 10.2 Å². The van der Waals surface area contributed by atoms with Gasteiger partial charge in [-0.2, -0.15) is 5.26 Å². The number of nitrogens with one attached hydrogen (secondary N) is 1. The largest absolute Gasteiger partial charge is 0.358 e. The molecule has 1 aromatic heterocycles. The van der Waals surface area contributed by atoms with Gasteiger partial charge in [-0.3, -0.25) is 9.36 Å². The number of halogens is 1. The molecule has 0 radical (unpaired) electrons. The van der Waals surface area contributed by atoms with E-state index in [0.29, 0.717) is 21.4 Å².